The van der Waals surface area contributed by atoms with Gasteiger partial charge in [0.05, 0.1) is 11.4 Å². The topological polar surface area (TPSA) is 28.2 Å². The van der Waals surface area contributed by atoms with E-state index in [4.69, 9.17) is 0 Å². The Morgan fingerprint density at radius 1 is 1.30 bits per heavy atom. The second-order valence-corrected chi connectivity index (χ2v) is 6.62. The third-order valence-corrected chi connectivity index (χ3v) is 5.16. The maximum atomic E-state index is 4.67. The molecule has 3 rings (SSSR count). The summed E-state index contributed by atoms with van der Waals surface area (Å²) in [6, 6.07) is 5.02. The first-order valence-electron chi connectivity index (χ1n) is 8.09. The Kier molecular flexibility index (Phi) is 3.72. The number of aromatic nitrogens is 1. The van der Waals surface area contributed by atoms with Crippen LogP contribution in [-0.2, 0) is 0 Å². The Morgan fingerprint density at radius 3 is 2.70 bits per heavy atom. The molecule has 2 fully saturated rings. The zero-order chi connectivity index (χ0) is 14.2. The molecule has 1 atom stereocenters. The number of nitrogens with zero attached hydrogens (tertiary/aromatic N) is 2. The van der Waals surface area contributed by atoms with Gasteiger partial charge < -0.3 is 10.2 Å². The van der Waals surface area contributed by atoms with Crippen LogP contribution in [0.5, 0.6) is 0 Å². The van der Waals surface area contributed by atoms with E-state index >= 15 is 0 Å². The van der Waals surface area contributed by atoms with Crippen molar-refractivity contribution in [3.8, 4) is 0 Å². The highest BCUT2D eigenvalue weighted by Crippen LogP contribution is 2.36. The van der Waals surface area contributed by atoms with Gasteiger partial charge in [-0.3, -0.25) is 4.98 Å². The molecule has 1 saturated carbocycles. The number of piperazine rings is 1. The van der Waals surface area contributed by atoms with Crippen LogP contribution in [0, 0.1) is 13.8 Å². The summed E-state index contributed by atoms with van der Waals surface area (Å²) in [4.78, 5) is 7.30. The molecule has 1 aromatic heterocycles. The highest BCUT2D eigenvalue weighted by molar-refractivity contribution is 5.53. The van der Waals surface area contributed by atoms with Gasteiger partial charge in [-0.2, -0.15) is 0 Å². The molecule has 1 aromatic rings. The second-order valence-electron chi connectivity index (χ2n) is 6.62. The van der Waals surface area contributed by atoms with Crippen molar-refractivity contribution in [3.63, 3.8) is 0 Å². The predicted molar refractivity (Wildman–Crippen MR) is 84.3 cm³/mol. The van der Waals surface area contributed by atoms with Crippen molar-refractivity contribution in [1.82, 2.24) is 10.3 Å². The number of nitrogens with one attached hydrogen (secondary N) is 1. The Hall–Kier alpha value is -1.09. The minimum absolute atomic E-state index is 0.364. The van der Waals surface area contributed by atoms with Gasteiger partial charge in [0, 0.05) is 30.4 Å². The Labute approximate surface area is 122 Å². The van der Waals surface area contributed by atoms with Crippen molar-refractivity contribution >= 4 is 5.69 Å². The summed E-state index contributed by atoms with van der Waals surface area (Å²) >= 11 is 0. The van der Waals surface area contributed by atoms with Crippen LogP contribution >= 0.6 is 0 Å². The van der Waals surface area contributed by atoms with Crippen molar-refractivity contribution in [2.45, 2.75) is 64.5 Å². The first-order chi connectivity index (χ1) is 9.63. The minimum Gasteiger partial charge on any atom is -0.364 e. The summed E-state index contributed by atoms with van der Waals surface area (Å²) in [5, 5.41) is 3.86. The molecule has 1 aliphatic carbocycles. The van der Waals surface area contributed by atoms with Crippen LogP contribution in [0.2, 0.25) is 0 Å². The lowest BCUT2D eigenvalue weighted by Gasteiger charge is -2.47. The number of anilines is 1. The lowest BCUT2D eigenvalue weighted by molar-refractivity contribution is 0.267. The number of aryl methyl sites for hydroxylation is 2. The average Bonchev–Trinajstić information content (AvgIpc) is 2.87. The van der Waals surface area contributed by atoms with Gasteiger partial charge in [0.15, 0.2) is 0 Å². The van der Waals surface area contributed by atoms with Gasteiger partial charge >= 0.3 is 0 Å². The minimum atomic E-state index is 0.364. The molecule has 1 aliphatic heterocycles. The molecule has 0 aromatic carbocycles. The fourth-order valence-corrected chi connectivity index (χ4v) is 3.97. The van der Waals surface area contributed by atoms with Crippen molar-refractivity contribution in [1.29, 1.82) is 0 Å². The zero-order valence-corrected chi connectivity index (χ0v) is 13.1. The van der Waals surface area contributed by atoms with E-state index in [2.05, 4.69) is 48.1 Å². The van der Waals surface area contributed by atoms with Gasteiger partial charge in [0.1, 0.15) is 0 Å². The maximum absolute atomic E-state index is 4.67. The Bertz CT molecular complexity index is 477. The van der Waals surface area contributed by atoms with Crippen molar-refractivity contribution in [2.75, 3.05) is 18.0 Å². The Morgan fingerprint density at radius 2 is 2.05 bits per heavy atom. The van der Waals surface area contributed by atoms with Gasteiger partial charge in [-0.15, -0.1) is 0 Å². The molecule has 2 heterocycles. The highest BCUT2D eigenvalue weighted by atomic mass is 15.3. The average molecular weight is 273 g/mol. The molecule has 3 nitrogen and oxygen atoms in total. The van der Waals surface area contributed by atoms with E-state index in [0.717, 1.165) is 18.8 Å². The number of pyridine rings is 1. The van der Waals surface area contributed by atoms with Crippen LogP contribution in [0.4, 0.5) is 5.69 Å². The van der Waals surface area contributed by atoms with E-state index in [1.165, 1.54) is 43.5 Å². The summed E-state index contributed by atoms with van der Waals surface area (Å²) in [5.74, 6) is 0. The Balaban J connectivity index is 1.90. The van der Waals surface area contributed by atoms with E-state index in [1.54, 1.807) is 0 Å². The molecular weight excluding hydrogens is 246 g/mol. The van der Waals surface area contributed by atoms with Crippen LogP contribution in [0.1, 0.15) is 50.4 Å². The van der Waals surface area contributed by atoms with Crippen molar-refractivity contribution in [2.24, 2.45) is 0 Å². The van der Waals surface area contributed by atoms with Gasteiger partial charge in [-0.25, -0.2) is 0 Å². The standard InChI is InChI=1S/C17H27N3/c1-4-15-11-18-17(9-5-6-10-17)12-20(15)16-8-7-13(2)19-14(16)3/h7-8,15,18H,4-6,9-12H2,1-3H3. The third-order valence-electron chi connectivity index (χ3n) is 5.16. The number of hydrogen-bond donors (Lipinski definition) is 1. The van der Waals surface area contributed by atoms with Crippen LogP contribution in [0.15, 0.2) is 12.1 Å². The quantitative estimate of drug-likeness (QED) is 0.897. The molecule has 20 heavy (non-hydrogen) atoms. The molecule has 0 radical (unpaired) electrons. The van der Waals surface area contributed by atoms with Crippen LogP contribution in [-0.4, -0.2) is 29.7 Å². The number of rotatable bonds is 2. The molecular formula is C17H27N3. The highest BCUT2D eigenvalue weighted by Gasteiger charge is 2.41. The largest absolute Gasteiger partial charge is 0.364 e. The molecule has 0 amide bonds. The molecule has 0 bridgehead atoms. The normalized spacial score (nSPS) is 25.4. The van der Waals surface area contributed by atoms with E-state index in [9.17, 15) is 0 Å². The van der Waals surface area contributed by atoms with E-state index in [-0.39, 0.29) is 0 Å². The van der Waals surface area contributed by atoms with Crippen molar-refractivity contribution < 1.29 is 0 Å². The van der Waals surface area contributed by atoms with Gasteiger partial charge in [0.25, 0.3) is 0 Å². The van der Waals surface area contributed by atoms with Gasteiger partial charge in [-0.1, -0.05) is 19.8 Å². The SMILES string of the molecule is CCC1CNC2(CCCC2)CN1c1ccc(C)nc1C. The molecule has 110 valence electrons. The fourth-order valence-electron chi connectivity index (χ4n) is 3.97. The lowest BCUT2D eigenvalue weighted by atomic mass is 9.91. The summed E-state index contributed by atoms with van der Waals surface area (Å²) < 4.78 is 0. The van der Waals surface area contributed by atoms with Crippen molar-refractivity contribution in [3.05, 3.63) is 23.5 Å². The van der Waals surface area contributed by atoms with Crippen LogP contribution in [0.25, 0.3) is 0 Å². The summed E-state index contributed by atoms with van der Waals surface area (Å²) in [6.45, 7) is 8.78. The summed E-state index contributed by atoms with van der Waals surface area (Å²) in [7, 11) is 0. The lowest BCUT2D eigenvalue weighted by Crippen LogP contribution is -2.63. The first-order valence-corrected chi connectivity index (χ1v) is 8.09. The maximum Gasteiger partial charge on any atom is 0.0609 e. The van der Waals surface area contributed by atoms with Crippen LogP contribution < -0.4 is 10.2 Å². The van der Waals surface area contributed by atoms with E-state index in [0.29, 0.717) is 11.6 Å². The smallest absolute Gasteiger partial charge is 0.0609 e. The summed E-state index contributed by atoms with van der Waals surface area (Å²) in [5.41, 5.74) is 4.00. The molecule has 1 unspecified atom stereocenters. The molecule has 1 saturated heterocycles. The van der Waals surface area contributed by atoms with Crippen LogP contribution in [0.3, 0.4) is 0 Å². The first kappa shape index (κ1) is 13.9. The monoisotopic (exact) mass is 273 g/mol. The molecule has 2 aliphatic rings. The van der Waals surface area contributed by atoms with Gasteiger partial charge in [-0.05, 0) is 45.2 Å². The predicted octanol–water partition coefficient (Wildman–Crippen LogP) is 3.20. The molecule has 1 spiro atoms. The molecule has 3 heteroatoms. The third kappa shape index (κ3) is 2.44. The van der Waals surface area contributed by atoms with E-state index in [1.807, 2.05) is 0 Å². The second kappa shape index (κ2) is 5.36. The zero-order valence-electron chi connectivity index (χ0n) is 13.1. The van der Waals surface area contributed by atoms with Gasteiger partial charge in [0.2, 0.25) is 0 Å². The number of hydrogen-bond acceptors (Lipinski definition) is 3. The summed E-state index contributed by atoms with van der Waals surface area (Å²) in [6.07, 6.45) is 6.61. The fraction of sp³-hybridized carbons (Fsp3) is 0.706. The molecule has 1 N–H and O–H groups in total. The van der Waals surface area contributed by atoms with E-state index < -0.39 is 0 Å².